The van der Waals surface area contributed by atoms with Gasteiger partial charge in [0.25, 0.3) is 0 Å². The van der Waals surface area contributed by atoms with E-state index in [-0.39, 0.29) is 5.92 Å². The van der Waals surface area contributed by atoms with E-state index in [0.717, 1.165) is 0 Å². The summed E-state index contributed by atoms with van der Waals surface area (Å²) in [5.41, 5.74) is 4.47. The fraction of sp³-hybridized carbons (Fsp3) is 0.800. The minimum atomic E-state index is -1.66. The zero-order valence-electron chi connectivity index (χ0n) is 18.9. The molecule has 0 aliphatic heterocycles. The molecule has 156 valence electrons. The molecule has 0 aliphatic rings. The van der Waals surface area contributed by atoms with Crippen LogP contribution < -0.4 is 5.43 Å². The van der Waals surface area contributed by atoms with E-state index in [0.29, 0.717) is 6.42 Å². The Morgan fingerprint density at radius 1 is 1.00 bits per heavy atom. The van der Waals surface area contributed by atoms with Gasteiger partial charge in [0, 0.05) is 0 Å². The van der Waals surface area contributed by atoms with Gasteiger partial charge in [-0.05, 0) is 53.9 Å². The third-order valence-electron chi connectivity index (χ3n) is 2.82. The van der Waals surface area contributed by atoms with Gasteiger partial charge in [0.1, 0.15) is 25.3 Å². The Kier molecular flexibility index (Phi) is 8.90. The quantitative estimate of drug-likeness (QED) is 0.414. The fourth-order valence-corrected chi connectivity index (χ4v) is 2.54. The molecule has 0 spiro atoms. The van der Waals surface area contributed by atoms with Crippen LogP contribution in [0.5, 0.6) is 0 Å². The molecule has 0 heterocycles. The average Bonchev–Trinajstić information content (AvgIpc) is 2.35. The van der Waals surface area contributed by atoms with Gasteiger partial charge in [-0.2, -0.15) is 0 Å². The predicted octanol–water partition coefficient (Wildman–Crippen LogP) is 4.96. The van der Waals surface area contributed by atoms with Crippen LogP contribution in [-0.4, -0.2) is 42.5 Å². The smallest absolute Gasteiger partial charge is 0.430 e. The average molecular weight is 399 g/mol. The maximum Gasteiger partial charge on any atom is 0.430 e. The van der Waals surface area contributed by atoms with Crippen molar-refractivity contribution in [2.45, 2.75) is 98.7 Å². The molecule has 0 aromatic heterocycles. The lowest BCUT2D eigenvalue weighted by molar-refractivity contribution is -0.00569. The lowest BCUT2D eigenvalue weighted by Crippen LogP contribution is -2.54. The highest BCUT2D eigenvalue weighted by molar-refractivity contribution is 6.83. The maximum atomic E-state index is 12.8. The molecule has 6 nitrogen and oxygen atoms in total. The van der Waals surface area contributed by atoms with Crippen molar-refractivity contribution in [3.63, 3.8) is 0 Å². The van der Waals surface area contributed by atoms with Crippen molar-refractivity contribution in [3.05, 3.63) is 0 Å². The second-order valence-electron chi connectivity index (χ2n) is 10.1. The van der Waals surface area contributed by atoms with E-state index < -0.39 is 37.5 Å². The number of carbonyl (C=O) groups is 2. The number of hydrazine groups is 1. The van der Waals surface area contributed by atoms with Crippen LogP contribution in [0, 0.1) is 17.4 Å². The molecule has 0 saturated heterocycles. The number of rotatable bonds is 3. The lowest BCUT2D eigenvalue weighted by atomic mass is 10.0. The number of carbonyl (C=O) groups excluding carboxylic acids is 2. The third-order valence-corrected chi connectivity index (χ3v) is 3.72. The number of hydrogen-bond acceptors (Lipinski definition) is 4. The molecule has 0 radical (unpaired) electrons. The summed E-state index contributed by atoms with van der Waals surface area (Å²) in [6.07, 6.45) is -0.757. The molecule has 0 unspecified atom stereocenters. The largest absolute Gasteiger partial charge is 0.443 e. The standard InChI is InChI=1S/C20H38N2O4Si/c1-15(2)14-16(12-13-27(9,10)11)22(18(24)26-20(6,7)8)21-17(23)25-19(3,4)5/h15-16H,14H2,1-11H3,(H,21,23)/t16-/m1/s1. The van der Waals surface area contributed by atoms with E-state index in [9.17, 15) is 9.59 Å². The monoisotopic (exact) mass is 398 g/mol. The Bertz CT molecular complexity index is 572. The Labute approximate surface area is 166 Å². The summed E-state index contributed by atoms with van der Waals surface area (Å²) >= 11 is 0. The molecule has 0 bridgehead atoms. The summed E-state index contributed by atoms with van der Waals surface area (Å²) in [6, 6.07) is -0.501. The highest BCUT2D eigenvalue weighted by Crippen LogP contribution is 2.16. The third kappa shape index (κ3) is 13.2. The van der Waals surface area contributed by atoms with Crippen LogP contribution >= 0.6 is 0 Å². The molecule has 0 saturated carbocycles. The molecule has 1 atom stereocenters. The van der Waals surface area contributed by atoms with Gasteiger partial charge in [0.2, 0.25) is 0 Å². The van der Waals surface area contributed by atoms with Gasteiger partial charge in [-0.25, -0.2) is 20.0 Å². The van der Waals surface area contributed by atoms with Crippen molar-refractivity contribution < 1.29 is 19.1 Å². The maximum absolute atomic E-state index is 12.8. The molecule has 0 aromatic carbocycles. The van der Waals surface area contributed by atoms with E-state index in [1.807, 2.05) is 13.8 Å². The van der Waals surface area contributed by atoms with Crippen LogP contribution in [0.3, 0.4) is 0 Å². The summed E-state index contributed by atoms with van der Waals surface area (Å²) in [6.45, 7) is 21.1. The Morgan fingerprint density at radius 3 is 1.85 bits per heavy atom. The zero-order valence-corrected chi connectivity index (χ0v) is 19.9. The summed E-state index contributed by atoms with van der Waals surface area (Å²) in [4.78, 5) is 25.1. The zero-order chi connectivity index (χ0) is 21.6. The van der Waals surface area contributed by atoms with E-state index in [1.54, 1.807) is 41.5 Å². The first kappa shape index (κ1) is 25.3. The van der Waals surface area contributed by atoms with Gasteiger partial charge in [-0.3, -0.25) is 0 Å². The molecule has 0 aliphatic carbocycles. The van der Waals surface area contributed by atoms with E-state index >= 15 is 0 Å². The number of hydrogen-bond donors (Lipinski definition) is 1. The number of nitrogens with zero attached hydrogens (tertiary/aromatic N) is 1. The van der Waals surface area contributed by atoms with Crippen molar-refractivity contribution in [2.75, 3.05) is 0 Å². The lowest BCUT2D eigenvalue weighted by Gasteiger charge is -2.32. The van der Waals surface area contributed by atoms with E-state index in [2.05, 4.69) is 36.5 Å². The normalized spacial score (nSPS) is 13.3. The Morgan fingerprint density at radius 2 is 1.48 bits per heavy atom. The molecule has 27 heavy (non-hydrogen) atoms. The molecular formula is C20H38N2O4Si. The topological polar surface area (TPSA) is 67.9 Å². The SMILES string of the molecule is CC(C)C[C@@H](C#C[Si](C)(C)C)N(NC(=O)OC(C)(C)C)C(=O)OC(C)(C)C. The molecular weight excluding hydrogens is 360 g/mol. The van der Waals surface area contributed by atoms with Gasteiger partial charge in [-0.15, -0.1) is 5.54 Å². The Balaban J connectivity index is 5.79. The van der Waals surface area contributed by atoms with Crippen LogP contribution in [0.2, 0.25) is 19.6 Å². The number of amides is 2. The van der Waals surface area contributed by atoms with Crippen LogP contribution in [0.1, 0.15) is 61.8 Å². The van der Waals surface area contributed by atoms with E-state index in [4.69, 9.17) is 9.47 Å². The van der Waals surface area contributed by atoms with Crippen LogP contribution in [-0.2, 0) is 9.47 Å². The van der Waals surface area contributed by atoms with Gasteiger partial charge in [-0.1, -0.05) is 39.4 Å². The molecule has 0 rings (SSSR count). The van der Waals surface area contributed by atoms with Crippen molar-refractivity contribution in [1.82, 2.24) is 10.4 Å². The first-order valence-electron chi connectivity index (χ1n) is 9.44. The van der Waals surface area contributed by atoms with Gasteiger partial charge < -0.3 is 9.47 Å². The van der Waals surface area contributed by atoms with Crippen molar-refractivity contribution in [3.8, 4) is 11.5 Å². The first-order chi connectivity index (χ1) is 11.9. The number of nitrogens with one attached hydrogen (secondary N) is 1. The summed E-state index contributed by atoms with van der Waals surface area (Å²) in [5, 5.41) is 1.17. The molecule has 1 N–H and O–H groups in total. The van der Waals surface area contributed by atoms with Crippen molar-refractivity contribution in [1.29, 1.82) is 0 Å². The summed E-state index contributed by atoms with van der Waals surface area (Å²) in [5.74, 6) is 3.47. The highest BCUT2D eigenvalue weighted by atomic mass is 28.3. The second kappa shape index (κ2) is 9.49. The van der Waals surface area contributed by atoms with Gasteiger partial charge >= 0.3 is 12.2 Å². The minimum Gasteiger partial charge on any atom is -0.443 e. The molecule has 0 aromatic rings. The predicted molar refractivity (Wildman–Crippen MR) is 112 cm³/mol. The Hall–Kier alpha value is -1.68. The summed E-state index contributed by atoms with van der Waals surface area (Å²) in [7, 11) is -1.66. The molecule has 0 fully saturated rings. The minimum absolute atomic E-state index is 0.274. The van der Waals surface area contributed by atoms with Crippen LogP contribution in [0.25, 0.3) is 0 Å². The van der Waals surface area contributed by atoms with Crippen molar-refractivity contribution in [2.24, 2.45) is 5.92 Å². The second-order valence-corrected chi connectivity index (χ2v) is 14.9. The van der Waals surface area contributed by atoms with Crippen LogP contribution in [0.4, 0.5) is 9.59 Å². The van der Waals surface area contributed by atoms with Gasteiger partial charge in [0.15, 0.2) is 0 Å². The van der Waals surface area contributed by atoms with Crippen molar-refractivity contribution >= 4 is 20.3 Å². The van der Waals surface area contributed by atoms with Gasteiger partial charge in [0.05, 0.1) is 0 Å². The fourth-order valence-electron chi connectivity index (χ4n) is 1.94. The highest BCUT2D eigenvalue weighted by Gasteiger charge is 2.31. The van der Waals surface area contributed by atoms with E-state index in [1.165, 1.54) is 5.01 Å². The first-order valence-corrected chi connectivity index (χ1v) is 12.9. The molecule has 2 amide bonds. The number of ether oxygens (including phenoxy) is 2. The summed E-state index contributed by atoms with van der Waals surface area (Å²) < 4.78 is 10.8. The van der Waals surface area contributed by atoms with Crippen LogP contribution in [0.15, 0.2) is 0 Å². The molecule has 7 heteroatoms.